The first-order valence-electron chi connectivity index (χ1n) is 3.94. The molecule has 0 saturated carbocycles. The van der Waals surface area contributed by atoms with Crippen LogP contribution in [-0.4, -0.2) is 0 Å². The molecule has 0 amide bonds. The van der Waals surface area contributed by atoms with E-state index in [4.69, 9.17) is 0 Å². The predicted molar refractivity (Wildman–Crippen MR) is 75.8 cm³/mol. The maximum Gasteiger partial charge on any atom is -0.0473 e. The van der Waals surface area contributed by atoms with Crippen molar-refractivity contribution in [2.24, 2.45) is 0 Å². The zero-order valence-electron chi connectivity index (χ0n) is 10.3. The Balaban J connectivity index is -0.0000000145. The molecule has 0 saturated heterocycles. The van der Waals surface area contributed by atoms with Gasteiger partial charge in [-0.15, -0.1) is 38.7 Å². The highest BCUT2D eigenvalue weighted by atomic mass is 35.5. The van der Waals surface area contributed by atoms with Crippen LogP contribution in [-0.2, 0) is 0 Å². The molecule has 0 heterocycles. The van der Waals surface area contributed by atoms with E-state index in [1.54, 1.807) is 24.3 Å². The van der Waals surface area contributed by atoms with Crippen LogP contribution in [0, 0.1) is 0 Å². The van der Waals surface area contributed by atoms with E-state index in [1.165, 1.54) is 0 Å². The Morgan fingerprint density at radius 2 is 0.571 bits per heavy atom. The molecule has 0 aromatic heterocycles. The molecule has 0 rings (SSSR count). The molecule has 0 spiro atoms. The van der Waals surface area contributed by atoms with Crippen molar-refractivity contribution in [2.75, 3.05) is 0 Å². The van der Waals surface area contributed by atoms with Crippen molar-refractivity contribution in [3.8, 4) is 0 Å². The molecular weight excluding hydrogens is 194 g/mol. The fraction of sp³-hybridized carbons (Fsp3) is 0.333. The summed E-state index contributed by atoms with van der Waals surface area (Å²) in [7, 11) is 0. The quantitative estimate of drug-likeness (QED) is 0.550. The highest BCUT2D eigenvalue weighted by Crippen LogP contribution is 1.39. The van der Waals surface area contributed by atoms with Gasteiger partial charge in [-0.3, -0.25) is 0 Å². The molecule has 0 aliphatic heterocycles. The summed E-state index contributed by atoms with van der Waals surface area (Å²) in [5, 5.41) is 0. The Labute approximate surface area is 97.3 Å². The molecule has 0 atom stereocenters. The molecule has 0 aromatic carbocycles. The third-order valence-corrected chi connectivity index (χ3v) is 0. The second-order valence-corrected chi connectivity index (χ2v) is 1.63. The van der Waals surface area contributed by atoms with Crippen molar-refractivity contribution in [3.05, 3.63) is 50.6 Å². The Morgan fingerprint density at radius 1 is 0.571 bits per heavy atom. The van der Waals surface area contributed by atoms with Gasteiger partial charge in [0.05, 0.1) is 0 Å². The lowest BCUT2D eigenvalue weighted by Gasteiger charge is -1.31. The minimum Gasteiger partial charge on any atom is -0.344 e. The lowest BCUT2D eigenvalue weighted by molar-refractivity contribution is 1.80. The standard InChI is InChI=1S/4C3H6.ClH.H3N/c4*1-3-2;;/h4*3H,1H2,2H3;1H;1H3. The topological polar surface area (TPSA) is 35.0 Å². The number of allylic oxidation sites excluding steroid dienone is 4. The molecule has 14 heavy (non-hydrogen) atoms. The first-order chi connectivity index (χ1) is 5.66. The van der Waals surface area contributed by atoms with E-state index in [0.717, 1.165) is 0 Å². The van der Waals surface area contributed by atoms with E-state index >= 15 is 0 Å². The summed E-state index contributed by atoms with van der Waals surface area (Å²) in [6.07, 6.45) is 7.00. The minimum absolute atomic E-state index is 0. The molecule has 1 nitrogen and oxygen atoms in total. The normalized spacial score (nSPS) is 3.71. The Bertz CT molecular complexity index is 64.3. The second kappa shape index (κ2) is 149. The fourth-order valence-electron chi connectivity index (χ4n) is 0. The van der Waals surface area contributed by atoms with Gasteiger partial charge in [-0.25, -0.2) is 0 Å². The van der Waals surface area contributed by atoms with Gasteiger partial charge in [0.15, 0.2) is 0 Å². The van der Waals surface area contributed by atoms with E-state index in [2.05, 4.69) is 26.3 Å². The van der Waals surface area contributed by atoms with Crippen LogP contribution in [0.1, 0.15) is 27.7 Å². The predicted octanol–water partition coefficient (Wildman–Crippen LogP) is 5.35. The Kier molecular flexibility index (Phi) is 403. The molecule has 0 aromatic rings. The van der Waals surface area contributed by atoms with Crippen LogP contribution in [0.25, 0.3) is 0 Å². The van der Waals surface area contributed by atoms with Crippen molar-refractivity contribution in [1.29, 1.82) is 0 Å². The molecule has 2 heteroatoms. The first-order valence-corrected chi connectivity index (χ1v) is 3.94. The average Bonchev–Trinajstić information content (AvgIpc) is 1.92. The highest BCUT2D eigenvalue weighted by molar-refractivity contribution is 5.85. The van der Waals surface area contributed by atoms with Crippen LogP contribution in [0.5, 0.6) is 0 Å². The Morgan fingerprint density at radius 3 is 0.571 bits per heavy atom. The SMILES string of the molecule is C=CC.C=CC.C=CC.C=CC.Cl.N. The van der Waals surface area contributed by atoms with Crippen LogP contribution < -0.4 is 6.15 Å². The summed E-state index contributed by atoms with van der Waals surface area (Å²) in [4.78, 5) is 0. The van der Waals surface area contributed by atoms with E-state index in [1.807, 2.05) is 27.7 Å². The highest BCUT2D eigenvalue weighted by Gasteiger charge is 1.15. The molecule has 0 bridgehead atoms. The van der Waals surface area contributed by atoms with Crippen LogP contribution in [0.4, 0.5) is 0 Å². The van der Waals surface area contributed by atoms with Crippen LogP contribution >= 0.6 is 12.4 Å². The average molecular weight is 222 g/mol. The van der Waals surface area contributed by atoms with Crippen LogP contribution in [0.2, 0.25) is 0 Å². The summed E-state index contributed by atoms with van der Waals surface area (Å²) in [6.45, 7) is 21.0. The molecule has 0 aliphatic rings. The van der Waals surface area contributed by atoms with Gasteiger partial charge < -0.3 is 6.15 Å². The molecule has 3 N–H and O–H groups in total. The zero-order valence-corrected chi connectivity index (χ0v) is 11.1. The number of hydrogen-bond donors (Lipinski definition) is 1. The van der Waals surface area contributed by atoms with Crippen molar-refractivity contribution in [3.63, 3.8) is 0 Å². The summed E-state index contributed by atoms with van der Waals surface area (Å²) in [5.41, 5.74) is 0. The second-order valence-electron chi connectivity index (χ2n) is 1.63. The molecular formula is C12H28ClN. The molecule has 0 aliphatic carbocycles. The molecule has 0 fully saturated rings. The maximum absolute atomic E-state index is 3.36. The van der Waals surface area contributed by atoms with E-state index in [0.29, 0.717) is 0 Å². The summed E-state index contributed by atoms with van der Waals surface area (Å²) in [6, 6.07) is 0. The smallest absolute Gasteiger partial charge is 0.0473 e. The fourth-order valence-corrected chi connectivity index (χ4v) is 0. The largest absolute Gasteiger partial charge is 0.344 e. The molecule has 0 radical (unpaired) electrons. The lowest BCUT2D eigenvalue weighted by Crippen LogP contribution is -1.07. The van der Waals surface area contributed by atoms with Gasteiger partial charge >= 0.3 is 0 Å². The monoisotopic (exact) mass is 221 g/mol. The number of rotatable bonds is 0. The minimum atomic E-state index is 0. The summed E-state index contributed by atoms with van der Waals surface area (Å²) >= 11 is 0. The van der Waals surface area contributed by atoms with E-state index in [-0.39, 0.29) is 18.6 Å². The van der Waals surface area contributed by atoms with Gasteiger partial charge in [-0.05, 0) is 27.7 Å². The molecule has 88 valence electrons. The van der Waals surface area contributed by atoms with Crippen molar-refractivity contribution in [1.82, 2.24) is 6.15 Å². The van der Waals surface area contributed by atoms with E-state index < -0.39 is 0 Å². The van der Waals surface area contributed by atoms with Gasteiger partial charge in [-0.1, -0.05) is 24.3 Å². The van der Waals surface area contributed by atoms with Gasteiger partial charge in [0.1, 0.15) is 0 Å². The van der Waals surface area contributed by atoms with Gasteiger partial charge in [-0.2, -0.15) is 0 Å². The Hall–Kier alpha value is -0.790. The summed E-state index contributed by atoms with van der Waals surface area (Å²) < 4.78 is 0. The number of halogens is 1. The third kappa shape index (κ3) is 1870. The van der Waals surface area contributed by atoms with Gasteiger partial charge in [0.2, 0.25) is 0 Å². The van der Waals surface area contributed by atoms with Crippen LogP contribution in [0.15, 0.2) is 50.6 Å². The van der Waals surface area contributed by atoms with Crippen LogP contribution in [0.3, 0.4) is 0 Å². The summed E-state index contributed by atoms with van der Waals surface area (Å²) in [5.74, 6) is 0. The van der Waals surface area contributed by atoms with Crippen molar-refractivity contribution >= 4 is 12.4 Å². The van der Waals surface area contributed by atoms with Gasteiger partial charge in [0, 0.05) is 0 Å². The zero-order chi connectivity index (χ0) is 10.8. The van der Waals surface area contributed by atoms with E-state index in [9.17, 15) is 0 Å². The number of hydrogen-bond acceptors (Lipinski definition) is 1. The molecule has 0 unspecified atom stereocenters. The maximum atomic E-state index is 3.36. The third-order valence-electron chi connectivity index (χ3n) is 0. The first kappa shape index (κ1) is 37.9. The van der Waals surface area contributed by atoms with Crippen molar-refractivity contribution in [2.45, 2.75) is 27.7 Å². The van der Waals surface area contributed by atoms with Crippen molar-refractivity contribution < 1.29 is 0 Å². The van der Waals surface area contributed by atoms with Gasteiger partial charge in [0.25, 0.3) is 0 Å². The lowest BCUT2D eigenvalue weighted by atomic mass is 10.8.